The van der Waals surface area contributed by atoms with Gasteiger partial charge in [-0.3, -0.25) is 0 Å². The summed E-state index contributed by atoms with van der Waals surface area (Å²) in [4.78, 5) is 0. The molecule has 0 amide bonds. The first-order valence-corrected chi connectivity index (χ1v) is 8.91. The number of rotatable bonds is 14. The standard InChI is InChI=1S/C18H39N/c1-4-6-8-10-12-14-16-18(3,19)17-15-13-11-9-7-5-2/h4-17,19H2,1-3H3. The maximum atomic E-state index is 6.40. The minimum Gasteiger partial charge on any atom is -0.325 e. The van der Waals surface area contributed by atoms with Crippen LogP contribution in [0.1, 0.15) is 111 Å². The van der Waals surface area contributed by atoms with Gasteiger partial charge in [-0.25, -0.2) is 0 Å². The van der Waals surface area contributed by atoms with Gasteiger partial charge in [0.15, 0.2) is 0 Å². The summed E-state index contributed by atoms with van der Waals surface area (Å²) in [6, 6.07) is 0. The Labute approximate surface area is 122 Å². The van der Waals surface area contributed by atoms with Gasteiger partial charge in [-0.15, -0.1) is 0 Å². The average Bonchev–Trinajstić information content (AvgIpc) is 2.38. The van der Waals surface area contributed by atoms with E-state index in [0.717, 1.165) is 0 Å². The van der Waals surface area contributed by atoms with E-state index in [1.165, 1.54) is 89.9 Å². The van der Waals surface area contributed by atoms with Crippen LogP contribution in [-0.4, -0.2) is 5.54 Å². The molecule has 0 aromatic heterocycles. The van der Waals surface area contributed by atoms with Gasteiger partial charge < -0.3 is 5.73 Å². The molecular weight excluding hydrogens is 230 g/mol. The molecule has 1 nitrogen and oxygen atoms in total. The molecule has 2 N–H and O–H groups in total. The first-order valence-electron chi connectivity index (χ1n) is 8.91. The molecule has 116 valence electrons. The van der Waals surface area contributed by atoms with Gasteiger partial charge in [0.2, 0.25) is 0 Å². The fourth-order valence-corrected chi connectivity index (χ4v) is 2.74. The van der Waals surface area contributed by atoms with Gasteiger partial charge in [0.05, 0.1) is 0 Å². The van der Waals surface area contributed by atoms with Crippen LogP contribution in [-0.2, 0) is 0 Å². The minimum atomic E-state index is 0.0928. The molecule has 0 saturated carbocycles. The lowest BCUT2D eigenvalue weighted by Gasteiger charge is -2.24. The van der Waals surface area contributed by atoms with Crippen molar-refractivity contribution in [3.63, 3.8) is 0 Å². The zero-order valence-electron chi connectivity index (χ0n) is 14.0. The Kier molecular flexibility index (Phi) is 12.9. The molecule has 0 aliphatic carbocycles. The maximum absolute atomic E-state index is 6.40. The average molecular weight is 270 g/mol. The summed E-state index contributed by atoms with van der Waals surface area (Å²) < 4.78 is 0. The lowest BCUT2D eigenvalue weighted by Crippen LogP contribution is -2.35. The summed E-state index contributed by atoms with van der Waals surface area (Å²) in [6.07, 6.45) is 19.0. The van der Waals surface area contributed by atoms with E-state index in [-0.39, 0.29) is 5.54 Å². The molecule has 0 rings (SSSR count). The summed E-state index contributed by atoms with van der Waals surface area (Å²) in [7, 11) is 0. The van der Waals surface area contributed by atoms with Crippen molar-refractivity contribution in [2.45, 2.75) is 116 Å². The van der Waals surface area contributed by atoms with Crippen LogP contribution in [0.3, 0.4) is 0 Å². The molecule has 0 saturated heterocycles. The Bertz CT molecular complexity index is 157. The molecule has 0 heterocycles. The van der Waals surface area contributed by atoms with Crippen LogP contribution in [0.4, 0.5) is 0 Å². The summed E-state index contributed by atoms with van der Waals surface area (Å²) in [5, 5.41) is 0. The molecule has 0 aliphatic rings. The second-order valence-corrected chi connectivity index (χ2v) is 6.69. The maximum Gasteiger partial charge on any atom is 0.0125 e. The first-order chi connectivity index (χ1) is 9.12. The largest absolute Gasteiger partial charge is 0.325 e. The fourth-order valence-electron chi connectivity index (χ4n) is 2.74. The Hall–Kier alpha value is -0.0400. The van der Waals surface area contributed by atoms with Gasteiger partial charge in [0, 0.05) is 5.54 Å². The highest BCUT2D eigenvalue weighted by Crippen LogP contribution is 2.20. The Balaban J connectivity index is 3.36. The van der Waals surface area contributed by atoms with Crippen LogP contribution < -0.4 is 5.73 Å². The van der Waals surface area contributed by atoms with Crippen LogP contribution in [0.2, 0.25) is 0 Å². The van der Waals surface area contributed by atoms with Crippen LogP contribution >= 0.6 is 0 Å². The van der Waals surface area contributed by atoms with Crippen LogP contribution in [0, 0.1) is 0 Å². The third kappa shape index (κ3) is 14.2. The highest BCUT2D eigenvalue weighted by atomic mass is 14.7. The molecule has 0 aliphatic heterocycles. The predicted octanol–water partition coefficient (Wildman–Crippen LogP) is 6.21. The van der Waals surface area contributed by atoms with Crippen molar-refractivity contribution in [3.05, 3.63) is 0 Å². The highest BCUT2D eigenvalue weighted by molar-refractivity contribution is 4.78. The van der Waals surface area contributed by atoms with Crippen molar-refractivity contribution in [1.29, 1.82) is 0 Å². The van der Waals surface area contributed by atoms with Crippen molar-refractivity contribution in [2.75, 3.05) is 0 Å². The quantitative estimate of drug-likeness (QED) is 0.373. The van der Waals surface area contributed by atoms with Gasteiger partial charge in [0.25, 0.3) is 0 Å². The highest BCUT2D eigenvalue weighted by Gasteiger charge is 2.16. The number of hydrogen-bond donors (Lipinski definition) is 1. The number of unbranched alkanes of at least 4 members (excludes halogenated alkanes) is 10. The molecule has 19 heavy (non-hydrogen) atoms. The van der Waals surface area contributed by atoms with Crippen molar-refractivity contribution >= 4 is 0 Å². The molecule has 0 fully saturated rings. The number of nitrogens with two attached hydrogens (primary N) is 1. The molecule has 0 unspecified atom stereocenters. The Morgan fingerprint density at radius 1 is 0.579 bits per heavy atom. The molecule has 0 atom stereocenters. The SMILES string of the molecule is CCCCCCCCC(C)(N)CCCCCCCC. The van der Waals surface area contributed by atoms with Crippen LogP contribution in [0.25, 0.3) is 0 Å². The van der Waals surface area contributed by atoms with Crippen molar-refractivity contribution in [1.82, 2.24) is 0 Å². The minimum absolute atomic E-state index is 0.0928. The second-order valence-electron chi connectivity index (χ2n) is 6.69. The first kappa shape index (κ1) is 19.0. The molecule has 1 heteroatoms. The fraction of sp³-hybridized carbons (Fsp3) is 1.00. The van der Waals surface area contributed by atoms with E-state index in [9.17, 15) is 0 Å². The number of hydrogen-bond acceptors (Lipinski definition) is 1. The molecular formula is C18H39N. The van der Waals surface area contributed by atoms with Gasteiger partial charge >= 0.3 is 0 Å². The summed E-state index contributed by atoms with van der Waals surface area (Å²) in [5.74, 6) is 0. The van der Waals surface area contributed by atoms with E-state index in [1.807, 2.05) is 0 Å². The Morgan fingerprint density at radius 2 is 0.895 bits per heavy atom. The zero-order chi connectivity index (χ0) is 14.4. The summed E-state index contributed by atoms with van der Waals surface area (Å²) in [6.45, 7) is 6.81. The van der Waals surface area contributed by atoms with Crippen LogP contribution in [0.5, 0.6) is 0 Å². The second kappa shape index (κ2) is 13.0. The lowest BCUT2D eigenvalue weighted by molar-refractivity contribution is 0.364. The molecule has 0 radical (unpaired) electrons. The predicted molar refractivity (Wildman–Crippen MR) is 88.6 cm³/mol. The van der Waals surface area contributed by atoms with E-state index in [0.29, 0.717) is 0 Å². The van der Waals surface area contributed by atoms with E-state index >= 15 is 0 Å². The summed E-state index contributed by atoms with van der Waals surface area (Å²) >= 11 is 0. The van der Waals surface area contributed by atoms with Crippen molar-refractivity contribution < 1.29 is 0 Å². The third-order valence-electron chi connectivity index (χ3n) is 4.20. The van der Waals surface area contributed by atoms with Gasteiger partial charge in [0.1, 0.15) is 0 Å². The smallest absolute Gasteiger partial charge is 0.0125 e. The van der Waals surface area contributed by atoms with E-state index < -0.39 is 0 Å². The van der Waals surface area contributed by atoms with E-state index in [2.05, 4.69) is 20.8 Å². The monoisotopic (exact) mass is 269 g/mol. The van der Waals surface area contributed by atoms with E-state index in [4.69, 9.17) is 5.73 Å². The van der Waals surface area contributed by atoms with E-state index in [1.54, 1.807) is 0 Å². The van der Waals surface area contributed by atoms with Crippen LogP contribution in [0.15, 0.2) is 0 Å². The van der Waals surface area contributed by atoms with Gasteiger partial charge in [-0.05, 0) is 19.8 Å². The van der Waals surface area contributed by atoms with Crippen molar-refractivity contribution in [3.8, 4) is 0 Å². The molecule has 0 bridgehead atoms. The molecule has 0 aromatic rings. The van der Waals surface area contributed by atoms with Crippen molar-refractivity contribution in [2.24, 2.45) is 5.73 Å². The molecule has 0 spiro atoms. The topological polar surface area (TPSA) is 26.0 Å². The van der Waals surface area contributed by atoms with Gasteiger partial charge in [-0.1, -0.05) is 90.9 Å². The summed E-state index contributed by atoms with van der Waals surface area (Å²) in [5.41, 5.74) is 6.49. The Morgan fingerprint density at radius 3 is 1.26 bits per heavy atom. The normalized spacial score (nSPS) is 12.0. The lowest BCUT2D eigenvalue weighted by atomic mass is 9.89. The molecule has 0 aromatic carbocycles. The van der Waals surface area contributed by atoms with Gasteiger partial charge in [-0.2, -0.15) is 0 Å². The zero-order valence-corrected chi connectivity index (χ0v) is 14.0. The third-order valence-corrected chi connectivity index (χ3v) is 4.20.